The lowest BCUT2D eigenvalue weighted by atomic mass is 10.1. The molecule has 0 spiro atoms. The van der Waals surface area contributed by atoms with Gasteiger partial charge in [-0.3, -0.25) is 10.2 Å². The topological polar surface area (TPSA) is 64.3 Å². The van der Waals surface area contributed by atoms with E-state index in [0.29, 0.717) is 5.56 Å². The molecule has 0 heterocycles. The van der Waals surface area contributed by atoms with Crippen LogP contribution in [0, 0.1) is 5.82 Å². The van der Waals surface area contributed by atoms with E-state index in [2.05, 4.69) is 0 Å². The van der Waals surface area contributed by atoms with Crippen molar-refractivity contribution in [1.82, 2.24) is 5.43 Å². The highest BCUT2D eigenvalue weighted by molar-refractivity contribution is 6.30. The molecule has 0 saturated carbocycles. The molecule has 0 radical (unpaired) electrons. The molecule has 2 aromatic rings. The summed E-state index contributed by atoms with van der Waals surface area (Å²) in [6, 6.07) is 12.7. The van der Waals surface area contributed by atoms with Crippen molar-refractivity contribution in [1.29, 1.82) is 0 Å². The van der Waals surface area contributed by atoms with Crippen molar-refractivity contribution >= 4 is 17.5 Å². The summed E-state index contributed by atoms with van der Waals surface area (Å²) in [7, 11) is 0. The Bertz CT molecular complexity index is 607. The maximum atomic E-state index is 13.4. The van der Waals surface area contributed by atoms with E-state index in [9.17, 15) is 9.18 Å². The van der Waals surface area contributed by atoms with Crippen molar-refractivity contribution in [3.8, 4) is 5.75 Å². The largest absolute Gasteiger partial charge is 0.476 e. The van der Waals surface area contributed by atoms with Crippen LogP contribution < -0.4 is 16.0 Å². The van der Waals surface area contributed by atoms with Gasteiger partial charge in [0.15, 0.2) is 0 Å². The molecule has 0 aliphatic heterocycles. The van der Waals surface area contributed by atoms with Gasteiger partial charge >= 0.3 is 0 Å². The molecule has 0 saturated heterocycles. The summed E-state index contributed by atoms with van der Waals surface area (Å²) in [6.45, 7) is 0. The standard InChI is InChI=1S/C14H12ClFN2O2/c15-11-7-6-10(8-12(11)16)20-13(14(19)18-17)9-4-2-1-3-5-9/h1-8,13H,17H2,(H,18,19). The number of amides is 1. The number of halogens is 2. The Hall–Kier alpha value is -2.11. The number of carbonyl (C=O) groups excluding carboxylic acids is 1. The van der Waals surface area contributed by atoms with Gasteiger partial charge in [0.25, 0.3) is 5.91 Å². The van der Waals surface area contributed by atoms with E-state index in [1.54, 1.807) is 24.3 Å². The van der Waals surface area contributed by atoms with Crippen LogP contribution in [0.1, 0.15) is 11.7 Å². The van der Waals surface area contributed by atoms with Gasteiger partial charge in [-0.15, -0.1) is 0 Å². The van der Waals surface area contributed by atoms with Crippen molar-refractivity contribution in [3.63, 3.8) is 0 Å². The second kappa shape index (κ2) is 6.36. The van der Waals surface area contributed by atoms with Gasteiger partial charge in [-0.1, -0.05) is 41.9 Å². The SMILES string of the molecule is NNC(=O)C(Oc1ccc(Cl)c(F)c1)c1ccccc1. The van der Waals surface area contributed by atoms with Crippen LogP contribution in [0.3, 0.4) is 0 Å². The molecule has 4 nitrogen and oxygen atoms in total. The second-order valence-corrected chi connectivity index (χ2v) is 4.40. The molecule has 1 amide bonds. The molecular formula is C14H12ClFN2O2. The molecule has 1 unspecified atom stereocenters. The van der Waals surface area contributed by atoms with E-state index < -0.39 is 17.8 Å². The number of nitrogens with one attached hydrogen (secondary N) is 1. The number of rotatable bonds is 4. The zero-order chi connectivity index (χ0) is 14.5. The Morgan fingerprint density at radius 1 is 1.25 bits per heavy atom. The van der Waals surface area contributed by atoms with Gasteiger partial charge in [0, 0.05) is 11.6 Å². The third kappa shape index (κ3) is 3.26. The average molecular weight is 295 g/mol. The molecule has 0 aromatic heterocycles. The summed E-state index contributed by atoms with van der Waals surface area (Å²) in [5, 5.41) is -0.0168. The summed E-state index contributed by atoms with van der Waals surface area (Å²) in [6.07, 6.45) is -0.971. The van der Waals surface area contributed by atoms with Crippen molar-refractivity contribution in [3.05, 3.63) is 64.9 Å². The summed E-state index contributed by atoms with van der Waals surface area (Å²) in [4.78, 5) is 11.8. The van der Waals surface area contributed by atoms with Gasteiger partial charge < -0.3 is 4.74 Å². The number of ether oxygens (including phenoxy) is 1. The maximum absolute atomic E-state index is 13.4. The zero-order valence-corrected chi connectivity index (χ0v) is 11.1. The van der Waals surface area contributed by atoms with Gasteiger partial charge in [-0.05, 0) is 12.1 Å². The Kier molecular flexibility index (Phi) is 4.55. The van der Waals surface area contributed by atoms with Crippen molar-refractivity contribution in [2.24, 2.45) is 5.84 Å². The van der Waals surface area contributed by atoms with Crippen LogP contribution in [0.4, 0.5) is 4.39 Å². The summed E-state index contributed by atoms with van der Waals surface area (Å²) >= 11 is 5.59. The smallest absolute Gasteiger partial charge is 0.279 e. The van der Waals surface area contributed by atoms with Crippen molar-refractivity contribution < 1.29 is 13.9 Å². The van der Waals surface area contributed by atoms with Crippen LogP contribution in [0.25, 0.3) is 0 Å². The van der Waals surface area contributed by atoms with E-state index in [1.807, 2.05) is 11.5 Å². The molecule has 104 valence electrons. The fourth-order valence-corrected chi connectivity index (χ4v) is 1.78. The van der Waals surface area contributed by atoms with Crippen LogP contribution >= 0.6 is 11.6 Å². The van der Waals surface area contributed by atoms with Gasteiger partial charge in [0.05, 0.1) is 5.02 Å². The maximum Gasteiger partial charge on any atom is 0.279 e. The van der Waals surface area contributed by atoms with Crippen molar-refractivity contribution in [2.45, 2.75) is 6.10 Å². The molecule has 0 bridgehead atoms. The number of hydrogen-bond acceptors (Lipinski definition) is 3. The Labute approximate surface area is 120 Å². The minimum atomic E-state index is -0.971. The Morgan fingerprint density at radius 2 is 1.95 bits per heavy atom. The molecule has 2 rings (SSSR count). The summed E-state index contributed by atoms with van der Waals surface area (Å²) in [5.74, 6) is 4.17. The number of carbonyl (C=O) groups is 1. The number of benzene rings is 2. The van der Waals surface area contributed by atoms with E-state index in [1.165, 1.54) is 12.1 Å². The quantitative estimate of drug-likeness (QED) is 0.517. The highest BCUT2D eigenvalue weighted by Gasteiger charge is 2.22. The predicted molar refractivity (Wildman–Crippen MR) is 73.6 cm³/mol. The van der Waals surface area contributed by atoms with E-state index in [0.717, 1.165) is 6.07 Å². The van der Waals surface area contributed by atoms with E-state index in [4.69, 9.17) is 22.2 Å². The Morgan fingerprint density at radius 3 is 2.55 bits per heavy atom. The summed E-state index contributed by atoms with van der Waals surface area (Å²) in [5.41, 5.74) is 2.63. The molecule has 6 heteroatoms. The lowest BCUT2D eigenvalue weighted by Gasteiger charge is -2.18. The fourth-order valence-electron chi connectivity index (χ4n) is 1.66. The highest BCUT2D eigenvalue weighted by atomic mass is 35.5. The molecular weight excluding hydrogens is 283 g/mol. The molecule has 0 aliphatic carbocycles. The minimum absolute atomic E-state index is 0.0168. The van der Waals surface area contributed by atoms with Crippen LogP contribution in [-0.4, -0.2) is 5.91 Å². The first-order valence-electron chi connectivity index (χ1n) is 5.79. The first-order valence-corrected chi connectivity index (χ1v) is 6.16. The third-order valence-electron chi connectivity index (χ3n) is 2.63. The van der Waals surface area contributed by atoms with Gasteiger partial charge in [-0.25, -0.2) is 10.2 Å². The molecule has 1 atom stereocenters. The minimum Gasteiger partial charge on any atom is -0.476 e. The zero-order valence-electron chi connectivity index (χ0n) is 10.3. The Balaban J connectivity index is 2.28. The normalized spacial score (nSPS) is 11.8. The molecule has 20 heavy (non-hydrogen) atoms. The molecule has 2 aromatic carbocycles. The number of hydrazine groups is 1. The van der Waals surface area contributed by atoms with Crippen molar-refractivity contribution in [2.75, 3.05) is 0 Å². The van der Waals surface area contributed by atoms with Crippen LogP contribution in [0.5, 0.6) is 5.75 Å². The third-order valence-corrected chi connectivity index (χ3v) is 2.93. The van der Waals surface area contributed by atoms with Crippen LogP contribution in [0.15, 0.2) is 48.5 Å². The number of hydrogen-bond donors (Lipinski definition) is 2. The van der Waals surface area contributed by atoms with Gasteiger partial charge in [-0.2, -0.15) is 0 Å². The fraction of sp³-hybridized carbons (Fsp3) is 0.0714. The monoisotopic (exact) mass is 294 g/mol. The lowest BCUT2D eigenvalue weighted by Crippen LogP contribution is -2.37. The van der Waals surface area contributed by atoms with E-state index in [-0.39, 0.29) is 10.8 Å². The summed E-state index contributed by atoms with van der Waals surface area (Å²) < 4.78 is 18.9. The first kappa shape index (κ1) is 14.3. The van der Waals surface area contributed by atoms with E-state index >= 15 is 0 Å². The van der Waals surface area contributed by atoms with Gasteiger partial charge in [0.2, 0.25) is 6.10 Å². The van der Waals surface area contributed by atoms with Gasteiger partial charge in [0.1, 0.15) is 11.6 Å². The average Bonchev–Trinajstić information content (AvgIpc) is 2.48. The molecule has 3 N–H and O–H groups in total. The number of nitrogens with two attached hydrogens (primary N) is 1. The highest BCUT2D eigenvalue weighted by Crippen LogP contribution is 2.25. The lowest BCUT2D eigenvalue weighted by molar-refractivity contribution is -0.128. The molecule has 0 fully saturated rings. The second-order valence-electron chi connectivity index (χ2n) is 3.99. The first-order chi connectivity index (χ1) is 9.61. The predicted octanol–water partition coefficient (Wildman–Crippen LogP) is 2.59. The van der Waals surface area contributed by atoms with Crippen LogP contribution in [-0.2, 0) is 4.79 Å². The van der Waals surface area contributed by atoms with Crippen LogP contribution in [0.2, 0.25) is 5.02 Å². The molecule has 0 aliphatic rings.